The molecule has 18 heavy (non-hydrogen) atoms. The molecular formula is C14H19BrClNO. The summed E-state index contributed by atoms with van der Waals surface area (Å²) in [6.45, 7) is 8.39. The van der Waals surface area contributed by atoms with E-state index in [0.29, 0.717) is 10.6 Å². The summed E-state index contributed by atoms with van der Waals surface area (Å²) in [5.74, 6) is -0.0521. The zero-order valence-electron chi connectivity index (χ0n) is 11.4. The molecule has 0 N–H and O–H groups in total. The van der Waals surface area contributed by atoms with Gasteiger partial charge in [0.05, 0.1) is 10.6 Å². The number of benzene rings is 1. The van der Waals surface area contributed by atoms with Crippen LogP contribution in [0.3, 0.4) is 0 Å². The van der Waals surface area contributed by atoms with E-state index in [1.165, 1.54) is 0 Å². The maximum atomic E-state index is 12.4. The first-order valence-electron chi connectivity index (χ1n) is 5.87. The van der Waals surface area contributed by atoms with Crippen LogP contribution < -0.4 is 0 Å². The minimum absolute atomic E-state index is 0.0307. The highest BCUT2D eigenvalue weighted by molar-refractivity contribution is 9.10. The molecule has 0 bridgehead atoms. The lowest BCUT2D eigenvalue weighted by atomic mass is 9.87. The zero-order chi connectivity index (χ0) is 14.1. The topological polar surface area (TPSA) is 20.3 Å². The second-order valence-electron chi connectivity index (χ2n) is 5.58. The molecule has 100 valence electrons. The Bertz CT molecular complexity index is 454. The molecule has 0 radical (unpaired) electrons. The van der Waals surface area contributed by atoms with Crippen LogP contribution in [-0.4, -0.2) is 23.9 Å². The Morgan fingerprint density at radius 3 is 2.44 bits per heavy atom. The Morgan fingerprint density at radius 2 is 1.94 bits per heavy atom. The van der Waals surface area contributed by atoms with Crippen molar-refractivity contribution in [3.05, 3.63) is 33.3 Å². The van der Waals surface area contributed by atoms with E-state index in [1.54, 1.807) is 17.0 Å². The molecule has 1 atom stereocenters. The van der Waals surface area contributed by atoms with Crippen molar-refractivity contribution in [2.75, 3.05) is 7.05 Å². The summed E-state index contributed by atoms with van der Waals surface area (Å²) in [6.07, 6.45) is 0. The summed E-state index contributed by atoms with van der Waals surface area (Å²) in [6, 6.07) is 5.44. The Balaban J connectivity index is 3.04. The molecule has 0 aliphatic rings. The summed E-state index contributed by atoms with van der Waals surface area (Å²) in [5.41, 5.74) is 0.563. The molecule has 4 heteroatoms. The van der Waals surface area contributed by atoms with E-state index in [4.69, 9.17) is 11.6 Å². The predicted molar refractivity (Wildman–Crippen MR) is 80.2 cm³/mol. The highest BCUT2D eigenvalue weighted by Gasteiger charge is 2.28. The molecule has 0 aliphatic heterocycles. The average molecular weight is 333 g/mol. The standard InChI is InChI=1S/C14H19BrClNO/c1-9(14(2,3)4)17(5)13(18)11-8-10(15)6-7-12(11)16/h6-9H,1-5H3. The van der Waals surface area contributed by atoms with Gasteiger partial charge in [-0.15, -0.1) is 0 Å². The number of nitrogens with zero attached hydrogens (tertiary/aromatic N) is 1. The van der Waals surface area contributed by atoms with Gasteiger partial charge in [-0.3, -0.25) is 4.79 Å². The molecule has 0 saturated heterocycles. The highest BCUT2D eigenvalue weighted by Crippen LogP contribution is 2.27. The van der Waals surface area contributed by atoms with Crippen LogP contribution in [0, 0.1) is 5.41 Å². The maximum absolute atomic E-state index is 12.4. The lowest BCUT2D eigenvalue weighted by molar-refractivity contribution is 0.0629. The predicted octanol–water partition coefficient (Wildman–Crippen LogP) is 4.61. The van der Waals surface area contributed by atoms with Crippen molar-refractivity contribution in [2.24, 2.45) is 5.41 Å². The van der Waals surface area contributed by atoms with Gasteiger partial charge in [0.1, 0.15) is 0 Å². The van der Waals surface area contributed by atoms with Crippen LogP contribution in [0.4, 0.5) is 0 Å². The molecule has 0 saturated carbocycles. The molecule has 1 rings (SSSR count). The smallest absolute Gasteiger partial charge is 0.255 e. The van der Waals surface area contributed by atoms with Crippen molar-refractivity contribution >= 4 is 33.4 Å². The molecular weight excluding hydrogens is 314 g/mol. The van der Waals surface area contributed by atoms with Gasteiger partial charge in [-0.2, -0.15) is 0 Å². The van der Waals surface area contributed by atoms with Crippen LogP contribution in [0.2, 0.25) is 5.02 Å². The Labute approximate surface area is 122 Å². The van der Waals surface area contributed by atoms with Gasteiger partial charge in [0.25, 0.3) is 5.91 Å². The van der Waals surface area contributed by atoms with Gasteiger partial charge in [0.2, 0.25) is 0 Å². The molecule has 0 spiro atoms. The lowest BCUT2D eigenvalue weighted by Gasteiger charge is -2.35. The van der Waals surface area contributed by atoms with E-state index in [2.05, 4.69) is 36.7 Å². The summed E-state index contributed by atoms with van der Waals surface area (Å²) in [4.78, 5) is 14.2. The first kappa shape index (κ1) is 15.5. The fourth-order valence-electron chi connectivity index (χ4n) is 1.61. The largest absolute Gasteiger partial charge is 0.338 e. The third-order valence-corrected chi connectivity index (χ3v) is 4.14. The van der Waals surface area contributed by atoms with Crippen molar-refractivity contribution in [3.8, 4) is 0 Å². The molecule has 1 amide bonds. The van der Waals surface area contributed by atoms with E-state index in [0.717, 1.165) is 4.47 Å². The van der Waals surface area contributed by atoms with Gasteiger partial charge in [0.15, 0.2) is 0 Å². The van der Waals surface area contributed by atoms with Crippen LogP contribution in [0.5, 0.6) is 0 Å². The first-order chi connectivity index (χ1) is 8.14. The van der Waals surface area contributed by atoms with Crippen molar-refractivity contribution in [1.82, 2.24) is 4.90 Å². The Morgan fingerprint density at radius 1 is 1.39 bits per heavy atom. The monoisotopic (exact) mass is 331 g/mol. The van der Waals surface area contributed by atoms with Crippen molar-refractivity contribution < 1.29 is 4.79 Å². The molecule has 1 unspecified atom stereocenters. The molecule has 0 aliphatic carbocycles. The van der Waals surface area contributed by atoms with Crippen molar-refractivity contribution in [1.29, 1.82) is 0 Å². The van der Waals surface area contributed by atoms with E-state index >= 15 is 0 Å². The quantitative estimate of drug-likeness (QED) is 0.774. The van der Waals surface area contributed by atoms with Gasteiger partial charge in [0, 0.05) is 17.6 Å². The van der Waals surface area contributed by atoms with Crippen LogP contribution in [-0.2, 0) is 0 Å². The van der Waals surface area contributed by atoms with E-state index in [-0.39, 0.29) is 17.4 Å². The van der Waals surface area contributed by atoms with Gasteiger partial charge in [-0.25, -0.2) is 0 Å². The SMILES string of the molecule is CC(N(C)C(=O)c1cc(Br)ccc1Cl)C(C)(C)C. The van der Waals surface area contributed by atoms with Crippen molar-refractivity contribution in [2.45, 2.75) is 33.7 Å². The van der Waals surface area contributed by atoms with Crippen LogP contribution in [0.15, 0.2) is 22.7 Å². The third kappa shape index (κ3) is 3.48. The molecule has 2 nitrogen and oxygen atoms in total. The summed E-state index contributed by atoms with van der Waals surface area (Å²) < 4.78 is 0.854. The fraction of sp³-hybridized carbons (Fsp3) is 0.500. The van der Waals surface area contributed by atoms with Crippen LogP contribution >= 0.6 is 27.5 Å². The first-order valence-corrected chi connectivity index (χ1v) is 7.04. The highest BCUT2D eigenvalue weighted by atomic mass is 79.9. The Kier molecular flexibility index (Phi) is 4.84. The lowest BCUT2D eigenvalue weighted by Crippen LogP contribution is -2.43. The number of hydrogen-bond donors (Lipinski definition) is 0. The maximum Gasteiger partial charge on any atom is 0.255 e. The molecule has 1 aromatic carbocycles. The van der Waals surface area contributed by atoms with E-state index < -0.39 is 0 Å². The minimum atomic E-state index is -0.0521. The second kappa shape index (κ2) is 5.62. The van der Waals surface area contributed by atoms with Crippen molar-refractivity contribution in [3.63, 3.8) is 0 Å². The average Bonchev–Trinajstić information content (AvgIpc) is 2.28. The van der Waals surface area contributed by atoms with Gasteiger partial charge < -0.3 is 4.90 Å². The fourth-order valence-corrected chi connectivity index (χ4v) is 2.17. The normalized spacial score (nSPS) is 13.3. The minimum Gasteiger partial charge on any atom is -0.338 e. The molecule has 0 aromatic heterocycles. The second-order valence-corrected chi connectivity index (χ2v) is 6.91. The molecule has 1 aromatic rings. The van der Waals surface area contributed by atoms with E-state index in [9.17, 15) is 4.79 Å². The number of carbonyl (C=O) groups is 1. The third-order valence-electron chi connectivity index (χ3n) is 3.31. The molecule has 0 fully saturated rings. The Hall–Kier alpha value is -0.540. The van der Waals surface area contributed by atoms with Gasteiger partial charge >= 0.3 is 0 Å². The van der Waals surface area contributed by atoms with E-state index in [1.807, 2.05) is 20.0 Å². The van der Waals surface area contributed by atoms with Crippen LogP contribution in [0.1, 0.15) is 38.1 Å². The summed E-state index contributed by atoms with van der Waals surface area (Å²) in [5, 5.41) is 0.483. The van der Waals surface area contributed by atoms with Gasteiger partial charge in [-0.05, 0) is 30.5 Å². The zero-order valence-corrected chi connectivity index (χ0v) is 13.8. The summed E-state index contributed by atoms with van der Waals surface area (Å²) in [7, 11) is 1.81. The number of hydrogen-bond acceptors (Lipinski definition) is 1. The van der Waals surface area contributed by atoms with Crippen LogP contribution in [0.25, 0.3) is 0 Å². The number of halogens is 2. The number of carbonyl (C=O) groups excluding carboxylic acids is 1. The number of amides is 1. The van der Waals surface area contributed by atoms with Gasteiger partial charge in [-0.1, -0.05) is 48.3 Å². The number of rotatable bonds is 2. The molecule has 0 heterocycles. The summed E-state index contributed by atoms with van der Waals surface area (Å²) >= 11 is 9.45.